The van der Waals surface area contributed by atoms with Crippen molar-refractivity contribution in [2.24, 2.45) is 22.4 Å². The molecule has 2 unspecified atom stereocenters. The fourth-order valence-electron chi connectivity index (χ4n) is 4.39. The van der Waals surface area contributed by atoms with Crippen molar-refractivity contribution in [3.8, 4) is 0 Å². The van der Waals surface area contributed by atoms with Gasteiger partial charge in [-0.05, 0) is 63.0 Å². The average molecular weight is 659 g/mol. The zero-order valence-corrected chi connectivity index (χ0v) is 25.9. The van der Waals surface area contributed by atoms with Crippen LogP contribution in [0, 0.1) is 16.0 Å². The number of carboxylic acid groups (broad SMARTS) is 1. The Morgan fingerprint density at radius 1 is 1.07 bits per heavy atom. The van der Waals surface area contributed by atoms with E-state index in [1.54, 1.807) is 0 Å². The molecule has 1 fully saturated rings. The number of aliphatic imine (C=N–C) groups is 1. The zero-order chi connectivity index (χ0) is 34.2. The Morgan fingerprint density at radius 3 is 2.16 bits per heavy atom. The summed E-state index contributed by atoms with van der Waals surface area (Å²) in [5.74, 6) is -2.96. The van der Waals surface area contributed by atoms with Gasteiger partial charge in [0.15, 0.2) is 5.96 Å². The van der Waals surface area contributed by atoms with Crippen molar-refractivity contribution in [2.45, 2.75) is 70.1 Å². The van der Waals surface area contributed by atoms with Crippen molar-refractivity contribution >= 4 is 51.0 Å². The van der Waals surface area contributed by atoms with Crippen LogP contribution >= 0.6 is 0 Å². The maximum absolute atomic E-state index is 12.9. The number of anilines is 1. The number of amides is 3. The first-order valence-corrected chi connectivity index (χ1v) is 15.9. The molecule has 1 aromatic carbocycles. The molecule has 0 radical (unpaired) electrons. The molecule has 10 N–H and O–H groups in total. The van der Waals surface area contributed by atoms with Crippen LogP contribution in [0.2, 0.25) is 0 Å². The average Bonchev–Trinajstić information content (AvgIpc) is 2.93. The summed E-state index contributed by atoms with van der Waals surface area (Å²) in [6.07, 6.45) is 3.58. The highest BCUT2D eigenvalue weighted by molar-refractivity contribution is 7.88. The Bertz CT molecular complexity index is 1290. The van der Waals surface area contributed by atoms with Gasteiger partial charge < -0.3 is 37.6 Å². The van der Waals surface area contributed by atoms with Crippen molar-refractivity contribution in [1.29, 1.82) is 0 Å². The van der Waals surface area contributed by atoms with E-state index in [0.717, 1.165) is 13.2 Å². The highest BCUT2D eigenvalue weighted by Gasteiger charge is 2.29. The van der Waals surface area contributed by atoms with E-state index in [1.807, 2.05) is 0 Å². The molecule has 1 aromatic rings. The minimum absolute atomic E-state index is 0.0231. The second-order valence-corrected chi connectivity index (χ2v) is 12.2. The second kappa shape index (κ2) is 19.1. The number of nitrogens with two attached hydrogens (primary N) is 2. The smallest absolute Gasteiger partial charge is 0.300 e. The number of benzene rings is 1. The summed E-state index contributed by atoms with van der Waals surface area (Å²) in [4.78, 5) is 61.6. The number of nitro benzene ring substituents is 1. The van der Waals surface area contributed by atoms with Crippen LogP contribution in [0.4, 0.5) is 11.4 Å². The Kier molecular flexibility index (Phi) is 16.4. The molecule has 19 heteroatoms. The van der Waals surface area contributed by atoms with E-state index < -0.39 is 63.4 Å². The first-order chi connectivity index (χ1) is 21.0. The van der Waals surface area contributed by atoms with Crippen molar-refractivity contribution < 1.29 is 42.7 Å². The summed E-state index contributed by atoms with van der Waals surface area (Å²) in [7, 11) is -3.73. The van der Waals surface area contributed by atoms with Gasteiger partial charge in [0.2, 0.25) is 27.7 Å². The predicted octanol–water partition coefficient (Wildman–Crippen LogP) is -0.862. The van der Waals surface area contributed by atoms with Crippen molar-refractivity contribution in [2.75, 3.05) is 24.7 Å². The molecule has 2 atom stereocenters. The third-order valence-corrected chi connectivity index (χ3v) is 7.14. The number of aliphatic carboxylic acids is 1. The fourth-order valence-corrected chi connectivity index (χ4v) is 5.11. The van der Waals surface area contributed by atoms with Crippen LogP contribution in [0.25, 0.3) is 0 Å². The lowest BCUT2D eigenvalue weighted by Crippen LogP contribution is -2.51. The molecule has 45 heavy (non-hydrogen) atoms. The first kappa shape index (κ1) is 38.7. The SMILES string of the molecule is CC(=O)O.CS(=O)(=O)NC(CC1CCC(O)CC1)C(=O)NCC(=O)NC(CCCN=C(N)N)C(=O)Nc1ccc([N+](=O)[O-])cc1. The Hall–Kier alpha value is -4.36. The molecule has 0 aliphatic heterocycles. The van der Waals surface area contributed by atoms with Gasteiger partial charge in [0.25, 0.3) is 11.7 Å². The van der Waals surface area contributed by atoms with E-state index in [1.165, 1.54) is 24.3 Å². The number of carboxylic acids is 1. The summed E-state index contributed by atoms with van der Waals surface area (Å²) < 4.78 is 26.0. The number of aliphatic hydroxyl groups excluding tert-OH is 1. The molecule has 252 valence electrons. The zero-order valence-electron chi connectivity index (χ0n) is 25.1. The minimum atomic E-state index is -3.73. The summed E-state index contributed by atoms with van der Waals surface area (Å²) in [5, 5.41) is 35.5. The van der Waals surface area contributed by atoms with Gasteiger partial charge in [-0.25, -0.2) is 13.1 Å². The number of sulfonamides is 1. The lowest BCUT2D eigenvalue weighted by atomic mass is 9.83. The van der Waals surface area contributed by atoms with Crippen LogP contribution in [0.15, 0.2) is 29.3 Å². The van der Waals surface area contributed by atoms with E-state index in [-0.39, 0.29) is 42.6 Å². The van der Waals surface area contributed by atoms with E-state index in [9.17, 15) is 38.0 Å². The molecule has 18 nitrogen and oxygen atoms in total. The fraction of sp³-hybridized carbons (Fsp3) is 0.577. The number of hydrogen-bond acceptors (Lipinski definition) is 10. The number of hydrogen-bond donors (Lipinski definition) is 8. The van der Waals surface area contributed by atoms with Crippen LogP contribution in [0.5, 0.6) is 0 Å². The Balaban J connectivity index is 0.00000238. The summed E-state index contributed by atoms with van der Waals surface area (Å²) >= 11 is 0. The molecule has 0 spiro atoms. The van der Waals surface area contributed by atoms with E-state index in [4.69, 9.17) is 21.4 Å². The largest absolute Gasteiger partial charge is 0.481 e. The number of non-ortho nitro benzene ring substituents is 1. The predicted molar refractivity (Wildman–Crippen MR) is 164 cm³/mol. The third kappa shape index (κ3) is 17.5. The van der Waals surface area contributed by atoms with Crippen LogP contribution in [-0.4, -0.2) is 90.7 Å². The van der Waals surface area contributed by atoms with Gasteiger partial charge in [-0.1, -0.05) is 0 Å². The molecule has 1 saturated carbocycles. The molecular formula is C26H42N8O10S. The van der Waals surface area contributed by atoms with Gasteiger partial charge in [-0.2, -0.15) is 0 Å². The van der Waals surface area contributed by atoms with Crippen LogP contribution in [-0.2, 0) is 29.2 Å². The lowest BCUT2D eigenvalue weighted by molar-refractivity contribution is -0.384. The Labute approximate surface area is 260 Å². The number of nitrogens with zero attached hydrogens (tertiary/aromatic N) is 2. The van der Waals surface area contributed by atoms with Gasteiger partial charge in [-0.3, -0.25) is 34.3 Å². The van der Waals surface area contributed by atoms with Crippen LogP contribution in [0.3, 0.4) is 0 Å². The molecule has 1 aliphatic carbocycles. The monoisotopic (exact) mass is 658 g/mol. The summed E-state index contributed by atoms with van der Waals surface area (Å²) in [6.45, 7) is 0.743. The third-order valence-electron chi connectivity index (χ3n) is 6.42. The van der Waals surface area contributed by atoms with E-state index in [0.29, 0.717) is 32.1 Å². The van der Waals surface area contributed by atoms with Gasteiger partial charge in [0, 0.05) is 31.3 Å². The number of nitrogens with one attached hydrogen (secondary N) is 4. The molecule has 1 aliphatic rings. The number of carbonyl (C=O) groups excluding carboxylic acids is 3. The van der Waals surface area contributed by atoms with Gasteiger partial charge in [-0.15, -0.1) is 0 Å². The van der Waals surface area contributed by atoms with Gasteiger partial charge in [0.05, 0.1) is 23.8 Å². The maximum Gasteiger partial charge on any atom is 0.300 e. The lowest BCUT2D eigenvalue weighted by Gasteiger charge is -2.28. The normalized spacial score (nSPS) is 17.3. The molecule has 3 amide bonds. The second-order valence-electron chi connectivity index (χ2n) is 10.5. The molecule has 0 aromatic heterocycles. The number of carbonyl (C=O) groups is 4. The number of aliphatic hydroxyl groups is 1. The standard InChI is InChI=1S/C24H38N8O8S.C2H4O2/c1-41(39,40)31-20(13-15-4-10-18(33)11-5-15)22(35)28-14-21(34)30-19(3-2-12-27-24(25)26)23(36)29-16-6-8-17(9-7-16)32(37)38;1-2(3)4/h6-9,15,18-20,31,33H,2-5,10-14H2,1H3,(H,28,35)(H,29,36)(H,30,34)(H4,25,26,27);1H3,(H,3,4). The highest BCUT2D eigenvalue weighted by atomic mass is 32.2. The van der Waals surface area contributed by atoms with Crippen molar-refractivity contribution in [3.63, 3.8) is 0 Å². The van der Waals surface area contributed by atoms with Crippen molar-refractivity contribution in [1.82, 2.24) is 15.4 Å². The molecule has 0 saturated heterocycles. The van der Waals surface area contributed by atoms with E-state index >= 15 is 0 Å². The number of rotatable bonds is 15. The topological polar surface area (TPSA) is 299 Å². The van der Waals surface area contributed by atoms with E-state index in [2.05, 4.69) is 25.7 Å². The molecule has 2 rings (SSSR count). The highest BCUT2D eigenvalue weighted by Crippen LogP contribution is 2.28. The number of guanidine groups is 1. The first-order valence-electron chi connectivity index (χ1n) is 14.0. The van der Waals surface area contributed by atoms with Crippen LogP contribution in [0.1, 0.15) is 51.9 Å². The molecule has 0 heterocycles. The molecule has 0 bridgehead atoms. The van der Waals surface area contributed by atoms with Gasteiger partial charge >= 0.3 is 0 Å². The number of nitro groups is 1. The van der Waals surface area contributed by atoms with Crippen molar-refractivity contribution in [3.05, 3.63) is 34.4 Å². The van der Waals surface area contributed by atoms with Crippen LogP contribution < -0.4 is 32.1 Å². The van der Waals surface area contributed by atoms with Gasteiger partial charge in [0.1, 0.15) is 12.1 Å². The molecular weight excluding hydrogens is 616 g/mol. The summed E-state index contributed by atoms with van der Waals surface area (Å²) in [6, 6.07) is 2.94. The minimum Gasteiger partial charge on any atom is -0.481 e. The maximum atomic E-state index is 12.9. The summed E-state index contributed by atoms with van der Waals surface area (Å²) in [5.41, 5.74) is 10.7. The Morgan fingerprint density at radius 2 is 1.64 bits per heavy atom. The quantitative estimate of drug-likeness (QED) is 0.0375.